The summed E-state index contributed by atoms with van der Waals surface area (Å²) < 4.78 is 2.53. The van der Waals surface area contributed by atoms with Gasteiger partial charge in [0.25, 0.3) is 0 Å². The standard InChI is InChI=1S/C59H47N5/c1-58(2,3)39-29-31-45-44-23-11-13-25-48(44)59(50(45)35-39)49-26-14-12-24-46(49)57-56(59)47-36-42(63(40-19-7-5-8-20-40)41-21-9-6-10-22-41)30-32-54(47)64(57)43-37-52(51-27-15-17-33-60-51)61-53(38-43)55-28-16-18-34-62(55)4/h5-38,55H,1-4H3. The van der Waals surface area contributed by atoms with E-state index in [1.54, 1.807) is 0 Å². The first-order valence-corrected chi connectivity index (χ1v) is 22.3. The van der Waals surface area contributed by atoms with Gasteiger partial charge in [-0.3, -0.25) is 4.98 Å². The number of hydrogen-bond acceptors (Lipinski definition) is 4. The van der Waals surface area contributed by atoms with Gasteiger partial charge in [-0.1, -0.05) is 142 Å². The first-order valence-electron chi connectivity index (χ1n) is 22.3. The largest absolute Gasteiger partial charge is 0.368 e. The van der Waals surface area contributed by atoms with E-state index in [2.05, 4.69) is 230 Å². The van der Waals surface area contributed by atoms with Crippen LogP contribution in [0.4, 0.5) is 17.1 Å². The average Bonchev–Trinajstić information content (AvgIpc) is 3.94. The van der Waals surface area contributed by atoms with E-state index in [0.717, 1.165) is 45.3 Å². The fourth-order valence-corrected chi connectivity index (χ4v) is 10.7. The molecule has 0 radical (unpaired) electrons. The Hall–Kier alpha value is -7.76. The fourth-order valence-electron chi connectivity index (χ4n) is 10.7. The summed E-state index contributed by atoms with van der Waals surface area (Å²) in [7, 11) is 2.12. The van der Waals surface area contributed by atoms with Crippen LogP contribution in [0.2, 0.25) is 0 Å². The maximum Gasteiger partial charge on any atom is 0.0911 e. The first-order chi connectivity index (χ1) is 31.3. The zero-order valence-corrected chi connectivity index (χ0v) is 36.4. The smallest absolute Gasteiger partial charge is 0.0911 e. The number of aromatic nitrogens is 3. The Morgan fingerprint density at radius 2 is 1.25 bits per heavy atom. The number of allylic oxidation sites excluding steroid dienone is 2. The molecule has 9 aromatic rings. The molecule has 0 saturated carbocycles. The summed E-state index contributed by atoms with van der Waals surface area (Å²) in [6, 6.07) is 64.7. The summed E-state index contributed by atoms with van der Waals surface area (Å²) in [6.45, 7) is 6.98. The highest BCUT2D eigenvalue weighted by atomic mass is 15.1. The number of nitrogens with zero attached hydrogens (tertiary/aromatic N) is 5. The molecule has 6 aromatic carbocycles. The average molecular weight is 826 g/mol. The SMILES string of the molecule is CN1C=CC=CC1c1cc(-n2c3c(c4cc(N(c5ccccc5)c5ccccc5)ccc42)C2(c4ccccc4-c4ccc(C(C)(C)C)cc42)c2ccccc2-3)cc(-c2ccccn2)n1. The molecule has 64 heavy (non-hydrogen) atoms. The monoisotopic (exact) mass is 825 g/mol. The van der Waals surface area contributed by atoms with Crippen molar-refractivity contribution in [2.24, 2.45) is 0 Å². The van der Waals surface area contributed by atoms with Crippen LogP contribution in [0.1, 0.15) is 60.3 Å². The molecule has 0 fully saturated rings. The molecule has 0 saturated heterocycles. The zero-order chi connectivity index (χ0) is 43.2. The van der Waals surface area contributed by atoms with Gasteiger partial charge in [-0.05, 0) is 118 Å². The predicted octanol–water partition coefficient (Wildman–Crippen LogP) is 14.3. The molecular formula is C59H47N5. The zero-order valence-electron chi connectivity index (χ0n) is 36.4. The Labute approximate surface area is 375 Å². The number of anilines is 3. The molecule has 0 amide bonds. The highest BCUT2D eigenvalue weighted by Crippen LogP contribution is 2.65. The number of rotatable bonds is 6. The molecule has 1 aliphatic heterocycles. The van der Waals surface area contributed by atoms with Gasteiger partial charge in [0.15, 0.2) is 0 Å². The minimum Gasteiger partial charge on any atom is -0.368 e. The van der Waals surface area contributed by atoms with Crippen molar-refractivity contribution < 1.29 is 0 Å². The number of hydrogen-bond donors (Lipinski definition) is 0. The third-order valence-electron chi connectivity index (χ3n) is 13.6. The number of pyridine rings is 2. The Kier molecular flexibility index (Phi) is 8.54. The Morgan fingerprint density at radius 1 is 0.578 bits per heavy atom. The Balaban J connectivity index is 1.24. The van der Waals surface area contributed by atoms with E-state index in [4.69, 9.17) is 9.97 Å². The van der Waals surface area contributed by atoms with Crippen LogP contribution in [0.15, 0.2) is 207 Å². The summed E-state index contributed by atoms with van der Waals surface area (Å²) in [6.07, 6.45) is 10.4. The molecule has 3 aromatic heterocycles. The van der Waals surface area contributed by atoms with Gasteiger partial charge < -0.3 is 14.4 Å². The number of para-hydroxylation sites is 2. The van der Waals surface area contributed by atoms with Crippen LogP contribution in [-0.4, -0.2) is 26.5 Å². The van der Waals surface area contributed by atoms with E-state index in [-0.39, 0.29) is 11.5 Å². The van der Waals surface area contributed by atoms with Crippen LogP contribution in [0.3, 0.4) is 0 Å². The Morgan fingerprint density at radius 3 is 1.95 bits per heavy atom. The van der Waals surface area contributed by atoms with Crippen molar-refractivity contribution >= 4 is 28.0 Å². The minimum atomic E-state index is -0.595. The second-order valence-electron chi connectivity index (χ2n) is 18.3. The molecular weight excluding hydrogens is 779 g/mol. The van der Waals surface area contributed by atoms with Gasteiger partial charge in [0.05, 0.1) is 45.4 Å². The third kappa shape index (κ3) is 5.63. The lowest BCUT2D eigenvalue weighted by atomic mass is 9.69. The van der Waals surface area contributed by atoms with E-state index in [9.17, 15) is 0 Å². The van der Waals surface area contributed by atoms with E-state index in [1.165, 1.54) is 55.6 Å². The molecule has 2 aliphatic carbocycles. The van der Waals surface area contributed by atoms with Gasteiger partial charge in [-0.2, -0.15) is 0 Å². The van der Waals surface area contributed by atoms with Crippen LogP contribution in [0.5, 0.6) is 0 Å². The molecule has 5 heteroatoms. The van der Waals surface area contributed by atoms with Gasteiger partial charge >= 0.3 is 0 Å². The molecule has 0 N–H and O–H groups in total. The van der Waals surface area contributed by atoms with Gasteiger partial charge in [-0.25, -0.2) is 4.98 Å². The summed E-state index contributed by atoms with van der Waals surface area (Å²) in [4.78, 5) is 14.8. The highest BCUT2D eigenvalue weighted by molar-refractivity contribution is 6.06. The lowest BCUT2D eigenvalue weighted by Crippen LogP contribution is -2.26. The molecule has 2 atom stereocenters. The van der Waals surface area contributed by atoms with Crippen molar-refractivity contribution in [1.82, 2.24) is 19.4 Å². The minimum absolute atomic E-state index is 0.0514. The molecule has 308 valence electrons. The van der Waals surface area contributed by atoms with Crippen LogP contribution < -0.4 is 4.90 Å². The Bertz CT molecular complexity index is 3300. The highest BCUT2D eigenvalue weighted by Gasteiger charge is 2.54. The first kappa shape index (κ1) is 38.0. The van der Waals surface area contributed by atoms with Gasteiger partial charge in [0, 0.05) is 46.8 Å². The van der Waals surface area contributed by atoms with E-state index in [0.29, 0.717) is 0 Å². The lowest BCUT2D eigenvalue weighted by molar-refractivity contribution is 0.383. The van der Waals surface area contributed by atoms with Crippen LogP contribution in [-0.2, 0) is 10.8 Å². The van der Waals surface area contributed by atoms with Crippen LogP contribution >= 0.6 is 0 Å². The summed E-state index contributed by atoms with van der Waals surface area (Å²) in [5.41, 5.74) is 19.1. The molecule has 4 heterocycles. The van der Waals surface area contributed by atoms with E-state index >= 15 is 0 Å². The maximum atomic E-state index is 5.36. The topological polar surface area (TPSA) is 37.2 Å². The number of likely N-dealkylation sites (N-methyl/N-ethyl adjacent to an activating group) is 1. The van der Waals surface area contributed by atoms with Crippen molar-refractivity contribution in [1.29, 1.82) is 0 Å². The molecule has 12 rings (SSSR count). The van der Waals surface area contributed by atoms with Crippen molar-refractivity contribution in [3.63, 3.8) is 0 Å². The summed E-state index contributed by atoms with van der Waals surface area (Å²) in [5, 5.41) is 1.21. The van der Waals surface area contributed by atoms with Crippen molar-refractivity contribution in [2.75, 3.05) is 11.9 Å². The van der Waals surface area contributed by atoms with Crippen LogP contribution in [0, 0.1) is 0 Å². The molecule has 3 aliphatic rings. The van der Waals surface area contributed by atoms with Gasteiger partial charge in [0.1, 0.15) is 0 Å². The normalized spacial score (nSPS) is 16.8. The predicted molar refractivity (Wildman–Crippen MR) is 263 cm³/mol. The number of fused-ring (bicyclic) bond motifs is 12. The molecule has 5 nitrogen and oxygen atoms in total. The second kappa shape index (κ2) is 14.4. The quantitative estimate of drug-likeness (QED) is 0.167. The molecule has 0 bridgehead atoms. The third-order valence-corrected chi connectivity index (χ3v) is 13.6. The van der Waals surface area contributed by atoms with Crippen molar-refractivity contribution in [3.8, 4) is 39.5 Å². The fraction of sp³-hybridized carbons (Fsp3) is 0.119. The van der Waals surface area contributed by atoms with Gasteiger partial charge in [-0.15, -0.1) is 0 Å². The lowest BCUT2D eigenvalue weighted by Gasteiger charge is -2.32. The molecule has 2 unspecified atom stereocenters. The number of benzene rings is 6. The van der Waals surface area contributed by atoms with Crippen LogP contribution in [0.25, 0.3) is 50.4 Å². The second-order valence-corrected chi connectivity index (χ2v) is 18.3. The summed E-state index contributed by atoms with van der Waals surface area (Å²) in [5.74, 6) is 0. The van der Waals surface area contributed by atoms with Gasteiger partial charge in [0.2, 0.25) is 0 Å². The molecule has 1 spiro atoms. The van der Waals surface area contributed by atoms with E-state index in [1.807, 2.05) is 18.3 Å². The van der Waals surface area contributed by atoms with E-state index < -0.39 is 5.41 Å². The maximum absolute atomic E-state index is 5.36. The van der Waals surface area contributed by atoms with Crippen molar-refractivity contribution in [3.05, 3.63) is 240 Å². The van der Waals surface area contributed by atoms with Crippen molar-refractivity contribution in [2.45, 2.75) is 37.6 Å². The summed E-state index contributed by atoms with van der Waals surface area (Å²) >= 11 is 0.